The number of carbonyl (C=O) groups is 1. The van der Waals surface area contributed by atoms with Gasteiger partial charge in [0.2, 0.25) is 0 Å². The maximum Gasteiger partial charge on any atom is 0.278 e. The molecule has 0 aliphatic carbocycles. The van der Waals surface area contributed by atoms with Crippen molar-refractivity contribution in [2.75, 3.05) is 19.5 Å². The first kappa shape index (κ1) is 13.7. The molecule has 0 aliphatic heterocycles. The predicted molar refractivity (Wildman–Crippen MR) is 73.4 cm³/mol. The van der Waals surface area contributed by atoms with Gasteiger partial charge in [0.25, 0.3) is 5.91 Å². The summed E-state index contributed by atoms with van der Waals surface area (Å²) in [6, 6.07) is 7.91. The molecule has 0 saturated carbocycles. The average molecular weight is 274 g/mol. The number of hydrogen-bond donors (Lipinski definition) is 2. The smallest absolute Gasteiger partial charge is 0.278 e. The molecule has 2 aromatic rings. The Bertz CT molecular complexity index is 606. The largest absolute Gasteiger partial charge is 0.505 e. The third-order valence-electron chi connectivity index (χ3n) is 2.61. The lowest BCUT2D eigenvalue weighted by atomic mass is 10.2. The highest BCUT2D eigenvalue weighted by Gasteiger charge is 2.13. The van der Waals surface area contributed by atoms with Crippen LogP contribution in [0.5, 0.6) is 17.2 Å². The van der Waals surface area contributed by atoms with Crippen molar-refractivity contribution < 1.29 is 19.4 Å². The van der Waals surface area contributed by atoms with Crippen molar-refractivity contribution in [3.8, 4) is 17.2 Å². The molecule has 0 bridgehead atoms. The summed E-state index contributed by atoms with van der Waals surface area (Å²) in [6.45, 7) is 0. The number of methoxy groups -OCH3 is 2. The Labute approximate surface area is 116 Å². The fraction of sp³-hybridized carbons (Fsp3) is 0.143. The van der Waals surface area contributed by atoms with Crippen LogP contribution in [0.4, 0.5) is 5.69 Å². The van der Waals surface area contributed by atoms with Crippen LogP contribution in [0.2, 0.25) is 0 Å². The predicted octanol–water partition coefficient (Wildman–Crippen LogP) is 2.06. The molecule has 0 unspecified atom stereocenters. The van der Waals surface area contributed by atoms with Crippen LogP contribution in [0.25, 0.3) is 0 Å². The summed E-state index contributed by atoms with van der Waals surface area (Å²) < 4.78 is 10.2. The number of aromatic hydroxyl groups is 1. The molecule has 0 atom stereocenters. The summed E-state index contributed by atoms with van der Waals surface area (Å²) in [5.41, 5.74) is 0.436. The maximum absolute atomic E-state index is 12.0. The van der Waals surface area contributed by atoms with E-state index in [4.69, 9.17) is 9.47 Å². The van der Waals surface area contributed by atoms with Gasteiger partial charge in [-0.25, -0.2) is 4.98 Å². The fourth-order valence-electron chi connectivity index (χ4n) is 1.64. The van der Waals surface area contributed by atoms with Crippen LogP contribution >= 0.6 is 0 Å². The van der Waals surface area contributed by atoms with Crippen molar-refractivity contribution in [3.63, 3.8) is 0 Å². The normalized spacial score (nSPS) is 9.90. The van der Waals surface area contributed by atoms with E-state index >= 15 is 0 Å². The molecule has 1 heterocycles. The number of anilines is 1. The van der Waals surface area contributed by atoms with E-state index in [-0.39, 0.29) is 11.4 Å². The maximum atomic E-state index is 12.0. The van der Waals surface area contributed by atoms with Crippen molar-refractivity contribution in [2.45, 2.75) is 0 Å². The summed E-state index contributed by atoms with van der Waals surface area (Å²) in [6.07, 6.45) is 1.43. The molecular formula is C14H14N2O4. The van der Waals surface area contributed by atoms with Gasteiger partial charge in [0.1, 0.15) is 17.2 Å². The van der Waals surface area contributed by atoms with E-state index in [0.29, 0.717) is 17.2 Å². The fourth-order valence-corrected chi connectivity index (χ4v) is 1.64. The summed E-state index contributed by atoms with van der Waals surface area (Å²) >= 11 is 0. The number of pyridine rings is 1. The highest BCUT2D eigenvalue weighted by Crippen LogP contribution is 2.26. The Kier molecular flexibility index (Phi) is 4.05. The third-order valence-corrected chi connectivity index (χ3v) is 2.61. The second kappa shape index (κ2) is 5.92. The first-order valence-electron chi connectivity index (χ1n) is 5.82. The molecule has 0 aliphatic rings. The van der Waals surface area contributed by atoms with Gasteiger partial charge in [-0.2, -0.15) is 0 Å². The summed E-state index contributed by atoms with van der Waals surface area (Å²) in [5, 5.41) is 12.2. The first-order chi connectivity index (χ1) is 9.63. The minimum absolute atomic E-state index is 0.0470. The van der Waals surface area contributed by atoms with Crippen molar-refractivity contribution in [1.82, 2.24) is 4.98 Å². The van der Waals surface area contributed by atoms with Crippen LogP contribution in [-0.4, -0.2) is 30.2 Å². The lowest BCUT2D eigenvalue weighted by Crippen LogP contribution is -2.13. The standard InChI is InChI=1S/C14H14N2O4/c1-19-10-6-9(7-11(8-10)20-2)16-14(18)13-12(17)4-3-5-15-13/h3-8,17H,1-2H3,(H,16,18). The van der Waals surface area contributed by atoms with Crippen molar-refractivity contribution in [1.29, 1.82) is 0 Å². The number of amides is 1. The zero-order valence-corrected chi connectivity index (χ0v) is 11.1. The average Bonchev–Trinajstić information content (AvgIpc) is 2.47. The van der Waals surface area contributed by atoms with E-state index in [1.165, 1.54) is 26.5 Å². The number of nitrogens with zero attached hydrogens (tertiary/aromatic N) is 1. The molecule has 20 heavy (non-hydrogen) atoms. The number of nitrogens with one attached hydrogen (secondary N) is 1. The number of hydrogen-bond acceptors (Lipinski definition) is 5. The molecule has 104 valence electrons. The Morgan fingerprint density at radius 3 is 2.40 bits per heavy atom. The van der Waals surface area contributed by atoms with Crippen LogP contribution in [0.15, 0.2) is 36.5 Å². The molecule has 6 heteroatoms. The van der Waals surface area contributed by atoms with Crippen molar-refractivity contribution in [3.05, 3.63) is 42.2 Å². The zero-order valence-electron chi connectivity index (χ0n) is 11.1. The molecule has 2 rings (SSSR count). The summed E-state index contributed by atoms with van der Waals surface area (Å²) in [7, 11) is 3.04. The molecule has 1 aromatic carbocycles. The van der Waals surface area contributed by atoms with Crippen LogP contribution in [-0.2, 0) is 0 Å². The van der Waals surface area contributed by atoms with Crippen molar-refractivity contribution in [2.24, 2.45) is 0 Å². The van der Waals surface area contributed by atoms with Crippen LogP contribution in [0.3, 0.4) is 0 Å². The van der Waals surface area contributed by atoms with Crippen LogP contribution in [0, 0.1) is 0 Å². The van der Waals surface area contributed by atoms with E-state index in [2.05, 4.69) is 10.3 Å². The Morgan fingerprint density at radius 1 is 1.20 bits per heavy atom. The number of ether oxygens (including phenoxy) is 2. The van der Waals surface area contributed by atoms with Crippen molar-refractivity contribution >= 4 is 11.6 Å². The third kappa shape index (κ3) is 2.97. The number of aromatic nitrogens is 1. The highest BCUT2D eigenvalue weighted by molar-refractivity contribution is 6.04. The van der Waals surface area contributed by atoms with E-state index < -0.39 is 5.91 Å². The molecule has 0 fully saturated rings. The number of benzene rings is 1. The van der Waals surface area contributed by atoms with Gasteiger partial charge < -0.3 is 19.9 Å². The molecule has 2 N–H and O–H groups in total. The van der Waals surface area contributed by atoms with Gasteiger partial charge >= 0.3 is 0 Å². The van der Waals surface area contributed by atoms with Gasteiger partial charge in [-0.3, -0.25) is 4.79 Å². The van der Waals surface area contributed by atoms with Crippen LogP contribution < -0.4 is 14.8 Å². The topological polar surface area (TPSA) is 80.7 Å². The SMILES string of the molecule is COc1cc(NC(=O)c2ncccc2O)cc(OC)c1. The van der Waals surface area contributed by atoms with Crippen LogP contribution in [0.1, 0.15) is 10.5 Å². The number of rotatable bonds is 4. The van der Waals surface area contributed by atoms with E-state index in [0.717, 1.165) is 0 Å². The van der Waals surface area contributed by atoms with Gasteiger partial charge in [-0.15, -0.1) is 0 Å². The Balaban J connectivity index is 2.26. The molecule has 6 nitrogen and oxygen atoms in total. The number of carbonyl (C=O) groups excluding carboxylic acids is 1. The monoisotopic (exact) mass is 274 g/mol. The Hall–Kier alpha value is -2.76. The van der Waals surface area contributed by atoms with E-state index in [1.807, 2.05) is 0 Å². The molecule has 0 saturated heterocycles. The minimum Gasteiger partial charge on any atom is -0.505 e. The molecule has 0 spiro atoms. The van der Waals surface area contributed by atoms with Gasteiger partial charge in [0.05, 0.1) is 14.2 Å². The lowest BCUT2D eigenvalue weighted by Gasteiger charge is -2.10. The first-order valence-corrected chi connectivity index (χ1v) is 5.82. The molecule has 1 aromatic heterocycles. The second-order valence-corrected chi connectivity index (χ2v) is 3.93. The van der Waals surface area contributed by atoms with Gasteiger partial charge in [-0.1, -0.05) is 0 Å². The zero-order chi connectivity index (χ0) is 14.5. The Morgan fingerprint density at radius 2 is 1.85 bits per heavy atom. The molecular weight excluding hydrogens is 260 g/mol. The molecule has 1 amide bonds. The van der Waals surface area contributed by atoms with Gasteiger partial charge in [0.15, 0.2) is 5.69 Å². The van der Waals surface area contributed by atoms with Gasteiger partial charge in [-0.05, 0) is 12.1 Å². The molecule has 0 radical (unpaired) electrons. The lowest BCUT2D eigenvalue weighted by molar-refractivity contribution is 0.101. The van der Waals surface area contributed by atoms with E-state index in [1.54, 1.807) is 24.3 Å². The second-order valence-electron chi connectivity index (χ2n) is 3.93. The van der Waals surface area contributed by atoms with Gasteiger partial charge in [0, 0.05) is 30.1 Å². The summed E-state index contributed by atoms with van der Waals surface area (Å²) in [5.74, 6) is 0.396. The van der Waals surface area contributed by atoms with E-state index in [9.17, 15) is 9.90 Å². The summed E-state index contributed by atoms with van der Waals surface area (Å²) in [4.78, 5) is 15.9. The minimum atomic E-state index is -0.515. The quantitative estimate of drug-likeness (QED) is 0.892. The highest BCUT2D eigenvalue weighted by atomic mass is 16.5.